The van der Waals surface area contributed by atoms with Crippen LogP contribution in [-0.4, -0.2) is 5.11 Å². The van der Waals surface area contributed by atoms with E-state index >= 15 is 0 Å². The molecule has 0 spiro atoms. The average Bonchev–Trinajstić information content (AvgIpc) is 2.29. The maximum atomic E-state index is 13.0. The number of benzene rings is 2. The molecule has 2 aromatic rings. The Morgan fingerprint density at radius 2 is 1.69 bits per heavy atom. The Balaban J connectivity index is 2.31. The highest BCUT2D eigenvalue weighted by atomic mass is 79.9. The molecule has 0 saturated heterocycles. The van der Waals surface area contributed by atoms with E-state index < -0.39 is 6.10 Å². The summed E-state index contributed by atoms with van der Waals surface area (Å²) in [6.45, 7) is 0. The van der Waals surface area contributed by atoms with Crippen LogP contribution in [0.2, 0.25) is 0 Å². The van der Waals surface area contributed by atoms with Gasteiger partial charge in [0.15, 0.2) is 0 Å². The first-order valence-corrected chi connectivity index (χ1v) is 5.65. The summed E-state index contributed by atoms with van der Waals surface area (Å²) in [5, 5.41) is 10.0. The minimum Gasteiger partial charge on any atom is -0.384 e. The SMILES string of the molecule is O[C@@H](c1ccc(Br)cc1)c1cccc(F)c1. The van der Waals surface area contributed by atoms with Crippen molar-refractivity contribution in [2.75, 3.05) is 0 Å². The fraction of sp³-hybridized carbons (Fsp3) is 0.0769. The monoisotopic (exact) mass is 280 g/mol. The van der Waals surface area contributed by atoms with Crippen LogP contribution in [0.15, 0.2) is 53.0 Å². The Kier molecular flexibility index (Phi) is 3.36. The lowest BCUT2D eigenvalue weighted by Crippen LogP contribution is -1.99. The van der Waals surface area contributed by atoms with Gasteiger partial charge < -0.3 is 5.11 Å². The molecule has 0 aliphatic heterocycles. The Morgan fingerprint density at radius 1 is 1.00 bits per heavy atom. The molecule has 0 aliphatic rings. The van der Waals surface area contributed by atoms with E-state index in [1.54, 1.807) is 24.3 Å². The van der Waals surface area contributed by atoms with E-state index in [0.717, 1.165) is 10.0 Å². The predicted octanol–water partition coefficient (Wildman–Crippen LogP) is 3.67. The minimum atomic E-state index is -0.788. The zero-order valence-corrected chi connectivity index (χ0v) is 9.99. The lowest BCUT2D eigenvalue weighted by molar-refractivity contribution is 0.220. The van der Waals surface area contributed by atoms with Gasteiger partial charge in [-0.15, -0.1) is 0 Å². The smallest absolute Gasteiger partial charge is 0.123 e. The van der Waals surface area contributed by atoms with Gasteiger partial charge in [0.05, 0.1) is 0 Å². The van der Waals surface area contributed by atoms with Gasteiger partial charge in [-0.2, -0.15) is 0 Å². The summed E-state index contributed by atoms with van der Waals surface area (Å²) in [6.07, 6.45) is -0.788. The molecule has 2 aromatic carbocycles. The molecule has 3 heteroatoms. The average molecular weight is 281 g/mol. The van der Waals surface area contributed by atoms with Crippen LogP contribution in [0.25, 0.3) is 0 Å². The van der Waals surface area contributed by atoms with E-state index in [4.69, 9.17) is 0 Å². The predicted molar refractivity (Wildman–Crippen MR) is 64.6 cm³/mol. The van der Waals surface area contributed by atoms with Gasteiger partial charge in [-0.3, -0.25) is 0 Å². The third kappa shape index (κ3) is 2.49. The second kappa shape index (κ2) is 4.76. The molecule has 0 bridgehead atoms. The molecule has 1 N–H and O–H groups in total. The first-order valence-electron chi connectivity index (χ1n) is 4.86. The lowest BCUT2D eigenvalue weighted by Gasteiger charge is -2.11. The van der Waals surface area contributed by atoms with Gasteiger partial charge in [-0.05, 0) is 35.4 Å². The fourth-order valence-electron chi connectivity index (χ4n) is 1.51. The molecular formula is C13H10BrFO. The van der Waals surface area contributed by atoms with E-state index in [2.05, 4.69) is 15.9 Å². The quantitative estimate of drug-likeness (QED) is 0.890. The summed E-state index contributed by atoms with van der Waals surface area (Å²) in [5.41, 5.74) is 1.30. The third-order valence-electron chi connectivity index (χ3n) is 2.35. The third-order valence-corrected chi connectivity index (χ3v) is 2.88. The first kappa shape index (κ1) is 11.3. The molecular weight excluding hydrogens is 271 g/mol. The molecule has 1 atom stereocenters. The van der Waals surface area contributed by atoms with Crippen molar-refractivity contribution in [1.29, 1.82) is 0 Å². The van der Waals surface area contributed by atoms with Crippen LogP contribution < -0.4 is 0 Å². The summed E-state index contributed by atoms with van der Waals surface area (Å²) < 4.78 is 13.9. The molecule has 0 aromatic heterocycles. The van der Waals surface area contributed by atoms with Gasteiger partial charge in [0, 0.05) is 4.47 Å². The summed E-state index contributed by atoms with van der Waals surface area (Å²) in [7, 11) is 0. The van der Waals surface area contributed by atoms with Crippen LogP contribution >= 0.6 is 15.9 Å². The van der Waals surface area contributed by atoms with Crippen LogP contribution in [0.1, 0.15) is 17.2 Å². The first-order chi connectivity index (χ1) is 7.66. The van der Waals surface area contributed by atoms with Crippen LogP contribution in [-0.2, 0) is 0 Å². The molecule has 82 valence electrons. The highest BCUT2D eigenvalue weighted by molar-refractivity contribution is 9.10. The lowest BCUT2D eigenvalue weighted by atomic mass is 10.0. The van der Waals surface area contributed by atoms with Crippen molar-refractivity contribution in [3.63, 3.8) is 0 Å². The van der Waals surface area contributed by atoms with Crippen LogP contribution in [0.3, 0.4) is 0 Å². The number of hydrogen-bond donors (Lipinski definition) is 1. The van der Waals surface area contributed by atoms with Crippen LogP contribution in [0, 0.1) is 5.82 Å². The van der Waals surface area contributed by atoms with Crippen LogP contribution in [0.4, 0.5) is 4.39 Å². The molecule has 0 saturated carbocycles. The Bertz CT molecular complexity index is 482. The molecule has 0 unspecified atom stereocenters. The number of hydrogen-bond acceptors (Lipinski definition) is 1. The number of aliphatic hydroxyl groups is 1. The van der Waals surface area contributed by atoms with Gasteiger partial charge in [0.25, 0.3) is 0 Å². The van der Waals surface area contributed by atoms with Gasteiger partial charge in [-0.1, -0.05) is 40.2 Å². The van der Waals surface area contributed by atoms with E-state index in [9.17, 15) is 9.50 Å². The normalized spacial score (nSPS) is 12.4. The Morgan fingerprint density at radius 3 is 2.31 bits per heavy atom. The fourth-order valence-corrected chi connectivity index (χ4v) is 1.78. The van der Waals surface area contributed by atoms with Crippen molar-refractivity contribution in [3.05, 3.63) is 69.9 Å². The van der Waals surface area contributed by atoms with Crippen molar-refractivity contribution in [3.8, 4) is 0 Å². The van der Waals surface area contributed by atoms with Crippen LogP contribution in [0.5, 0.6) is 0 Å². The molecule has 0 fully saturated rings. The van der Waals surface area contributed by atoms with E-state index in [1.807, 2.05) is 12.1 Å². The van der Waals surface area contributed by atoms with Crippen molar-refractivity contribution >= 4 is 15.9 Å². The molecule has 0 heterocycles. The molecule has 0 radical (unpaired) electrons. The molecule has 2 rings (SSSR count). The van der Waals surface area contributed by atoms with E-state index in [0.29, 0.717) is 5.56 Å². The number of aliphatic hydroxyl groups excluding tert-OH is 1. The summed E-state index contributed by atoms with van der Waals surface area (Å²) in [4.78, 5) is 0. The second-order valence-electron chi connectivity index (χ2n) is 3.51. The maximum Gasteiger partial charge on any atom is 0.123 e. The summed E-state index contributed by atoms with van der Waals surface area (Å²) >= 11 is 3.32. The van der Waals surface area contributed by atoms with Gasteiger partial charge in [0.2, 0.25) is 0 Å². The second-order valence-corrected chi connectivity index (χ2v) is 4.42. The van der Waals surface area contributed by atoms with Gasteiger partial charge in [0.1, 0.15) is 11.9 Å². The highest BCUT2D eigenvalue weighted by Gasteiger charge is 2.10. The van der Waals surface area contributed by atoms with Crippen molar-refractivity contribution in [2.45, 2.75) is 6.10 Å². The summed E-state index contributed by atoms with van der Waals surface area (Å²) in [6, 6.07) is 13.3. The van der Waals surface area contributed by atoms with Gasteiger partial charge >= 0.3 is 0 Å². The van der Waals surface area contributed by atoms with Crippen molar-refractivity contribution in [1.82, 2.24) is 0 Å². The van der Waals surface area contributed by atoms with Crippen molar-refractivity contribution < 1.29 is 9.50 Å². The minimum absolute atomic E-state index is 0.339. The number of halogens is 2. The topological polar surface area (TPSA) is 20.2 Å². The molecule has 1 nitrogen and oxygen atoms in total. The zero-order valence-electron chi connectivity index (χ0n) is 8.40. The molecule has 16 heavy (non-hydrogen) atoms. The van der Waals surface area contributed by atoms with E-state index in [-0.39, 0.29) is 5.82 Å². The largest absolute Gasteiger partial charge is 0.384 e. The van der Waals surface area contributed by atoms with Gasteiger partial charge in [-0.25, -0.2) is 4.39 Å². The molecule has 0 aliphatic carbocycles. The van der Waals surface area contributed by atoms with E-state index in [1.165, 1.54) is 12.1 Å². The standard InChI is InChI=1S/C13H10BrFO/c14-11-6-4-9(5-7-11)13(16)10-2-1-3-12(15)8-10/h1-8,13,16H/t13-/m0/s1. The Labute approximate surface area is 102 Å². The maximum absolute atomic E-state index is 13.0. The highest BCUT2D eigenvalue weighted by Crippen LogP contribution is 2.23. The number of rotatable bonds is 2. The molecule has 0 amide bonds. The zero-order chi connectivity index (χ0) is 11.5. The Hall–Kier alpha value is -1.19. The van der Waals surface area contributed by atoms with Crippen molar-refractivity contribution in [2.24, 2.45) is 0 Å². The summed E-state index contributed by atoms with van der Waals surface area (Å²) in [5.74, 6) is -0.339.